The van der Waals surface area contributed by atoms with Crippen molar-refractivity contribution in [2.24, 2.45) is 5.10 Å². The van der Waals surface area contributed by atoms with Crippen LogP contribution in [0.2, 0.25) is 0 Å². The molecule has 0 aliphatic rings. The highest BCUT2D eigenvalue weighted by Gasteiger charge is 2.29. The van der Waals surface area contributed by atoms with E-state index in [-0.39, 0.29) is 0 Å². The first-order valence-corrected chi connectivity index (χ1v) is 7.46. The molecule has 25 heavy (non-hydrogen) atoms. The molecule has 0 atom stereocenters. The monoisotopic (exact) mass is 344 g/mol. The minimum Gasteiger partial charge on any atom is -0.368 e. The van der Waals surface area contributed by atoms with E-state index in [4.69, 9.17) is 5.73 Å². The number of hydrogen-bond donors (Lipinski definition) is 1. The van der Waals surface area contributed by atoms with Gasteiger partial charge in [0.05, 0.1) is 23.7 Å². The number of alkyl halides is 3. The van der Waals surface area contributed by atoms with Gasteiger partial charge in [-0.1, -0.05) is 36.4 Å². The van der Waals surface area contributed by atoms with Gasteiger partial charge in [0.1, 0.15) is 0 Å². The number of hydrogen-bond acceptors (Lipinski definition) is 3. The standard InChI is InChI=1S/C18H15F3N4/c1-12-11-25(17(22)24-12)23-10-13-2-4-14(5-3-13)15-6-8-16(9-7-15)18(19,20)21/h2-11H,1H3,(H2,22,24). The Hall–Kier alpha value is -3.09. The van der Waals surface area contributed by atoms with Crippen LogP contribution in [0.4, 0.5) is 19.1 Å². The Bertz CT molecular complexity index is 892. The van der Waals surface area contributed by atoms with Crippen molar-refractivity contribution in [1.29, 1.82) is 0 Å². The van der Waals surface area contributed by atoms with Crippen molar-refractivity contribution < 1.29 is 13.2 Å². The summed E-state index contributed by atoms with van der Waals surface area (Å²) in [6.45, 7) is 1.82. The third-order valence-corrected chi connectivity index (χ3v) is 3.62. The lowest BCUT2D eigenvalue weighted by Gasteiger charge is -2.08. The van der Waals surface area contributed by atoms with E-state index in [0.717, 1.165) is 29.0 Å². The Morgan fingerprint density at radius 3 is 2.04 bits per heavy atom. The average Bonchev–Trinajstić information content (AvgIpc) is 2.90. The highest BCUT2D eigenvalue weighted by molar-refractivity contribution is 5.81. The summed E-state index contributed by atoms with van der Waals surface area (Å²) >= 11 is 0. The van der Waals surface area contributed by atoms with Gasteiger partial charge in [0, 0.05) is 0 Å². The maximum Gasteiger partial charge on any atom is 0.416 e. The molecule has 1 heterocycles. The van der Waals surface area contributed by atoms with E-state index in [1.165, 1.54) is 16.8 Å². The molecule has 128 valence electrons. The molecule has 0 saturated carbocycles. The van der Waals surface area contributed by atoms with Crippen molar-refractivity contribution in [2.75, 3.05) is 5.73 Å². The molecule has 0 bridgehead atoms. The van der Waals surface area contributed by atoms with Crippen LogP contribution in [0.25, 0.3) is 11.1 Å². The van der Waals surface area contributed by atoms with E-state index in [0.29, 0.717) is 11.5 Å². The molecule has 3 aromatic rings. The molecule has 0 unspecified atom stereocenters. The molecule has 7 heteroatoms. The lowest BCUT2D eigenvalue weighted by Crippen LogP contribution is -2.03. The minimum absolute atomic E-state index is 0.301. The molecule has 3 rings (SSSR count). The van der Waals surface area contributed by atoms with Gasteiger partial charge in [-0.15, -0.1) is 0 Å². The number of nitrogens with two attached hydrogens (primary N) is 1. The van der Waals surface area contributed by atoms with E-state index in [2.05, 4.69) is 10.1 Å². The Kier molecular flexibility index (Phi) is 4.31. The first-order chi connectivity index (χ1) is 11.8. The van der Waals surface area contributed by atoms with Gasteiger partial charge in [0.2, 0.25) is 5.95 Å². The molecule has 0 fully saturated rings. The highest BCUT2D eigenvalue weighted by atomic mass is 19.4. The number of nitrogen functional groups attached to an aromatic ring is 1. The number of imidazole rings is 1. The second kappa shape index (κ2) is 6.43. The predicted octanol–water partition coefficient (Wildman–Crippen LogP) is 4.34. The molecular weight excluding hydrogens is 329 g/mol. The summed E-state index contributed by atoms with van der Waals surface area (Å²) in [5, 5.41) is 4.22. The summed E-state index contributed by atoms with van der Waals surface area (Å²) in [5.41, 5.74) is 8.19. The fourth-order valence-corrected chi connectivity index (χ4v) is 2.34. The fourth-order valence-electron chi connectivity index (χ4n) is 2.34. The van der Waals surface area contributed by atoms with Gasteiger partial charge in [0.15, 0.2) is 0 Å². The van der Waals surface area contributed by atoms with Crippen LogP contribution in [0.3, 0.4) is 0 Å². The highest BCUT2D eigenvalue weighted by Crippen LogP contribution is 2.30. The number of aryl methyl sites for hydroxylation is 1. The first kappa shape index (κ1) is 16.8. The summed E-state index contributed by atoms with van der Waals surface area (Å²) in [4.78, 5) is 4.05. The van der Waals surface area contributed by atoms with Crippen molar-refractivity contribution in [2.45, 2.75) is 13.1 Å². The van der Waals surface area contributed by atoms with Gasteiger partial charge < -0.3 is 5.73 Å². The van der Waals surface area contributed by atoms with Crippen LogP contribution in [-0.2, 0) is 6.18 Å². The topological polar surface area (TPSA) is 56.2 Å². The zero-order chi connectivity index (χ0) is 18.0. The Morgan fingerprint density at radius 2 is 1.56 bits per heavy atom. The maximum atomic E-state index is 12.6. The van der Waals surface area contributed by atoms with Gasteiger partial charge >= 0.3 is 6.18 Å². The molecular formula is C18H15F3N4. The molecule has 0 aliphatic carbocycles. The maximum absolute atomic E-state index is 12.6. The molecule has 0 saturated heterocycles. The van der Waals surface area contributed by atoms with Crippen LogP contribution in [0.5, 0.6) is 0 Å². The van der Waals surface area contributed by atoms with Gasteiger partial charge in [-0.05, 0) is 35.7 Å². The lowest BCUT2D eigenvalue weighted by atomic mass is 10.0. The average molecular weight is 344 g/mol. The van der Waals surface area contributed by atoms with Gasteiger partial charge in [-0.25, -0.2) is 9.66 Å². The minimum atomic E-state index is -4.33. The SMILES string of the molecule is Cc1cn(N=Cc2ccc(-c3ccc(C(F)(F)F)cc3)cc2)c(N)n1. The summed E-state index contributed by atoms with van der Waals surface area (Å²) in [7, 11) is 0. The van der Waals surface area contributed by atoms with Crippen molar-refractivity contribution >= 4 is 12.2 Å². The van der Waals surface area contributed by atoms with Crippen molar-refractivity contribution in [3.63, 3.8) is 0 Å². The number of benzene rings is 2. The van der Waals surface area contributed by atoms with Crippen molar-refractivity contribution in [3.8, 4) is 11.1 Å². The van der Waals surface area contributed by atoms with Crippen LogP contribution in [0.1, 0.15) is 16.8 Å². The van der Waals surface area contributed by atoms with Crippen LogP contribution < -0.4 is 5.73 Å². The largest absolute Gasteiger partial charge is 0.416 e. The normalized spacial score (nSPS) is 12.0. The van der Waals surface area contributed by atoms with E-state index in [9.17, 15) is 13.2 Å². The van der Waals surface area contributed by atoms with E-state index in [1.54, 1.807) is 12.4 Å². The Morgan fingerprint density at radius 1 is 1.00 bits per heavy atom. The van der Waals surface area contributed by atoms with Gasteiger partial charge in [-0.3, -0.25) is 0 Å². The van der Waals surface area contributed by atoms with Crippen LogP contribution in [-0.4, -0.2) is 15.9 Å². The lowest BCUT2D eigenvalue weighted by molar-refractivity contribution is -0.137. The van der Waals surface area contributed by atoms with Gasteiger partial charge in [0.25, 0.3) is 0 Å². The van der Waals surface area contributed by atoms with Crippen molar-refractivity contribution in [1.82, 2.24) is 9.66 Å². The Labute approximate surface area is 142 Å². The molecule has 1 aromatic heterocycles. The third kappa shape index (κ3) is 3.88. The molecule has 2 aromatic carbocycles. The smallest absolute Gasteiger partial charge is 0.368 e. The molecule has 0 aliphatic heterocycles. The second-order valence-corrected chi connectivity index (χ2v) is 5.53. The number of rotatable bonds is 3. The van der Waals surface area contributed by atoms with Crippen LogP contribution in [0, 0.1) is 6.92 Å². The summed E-state index contributed by atoms with van der Waals surface area (Å²) in [6.07, 6.45) is -0.983. The molecule has 4 nitrogen and oxygen atoms in total. The molecule has 2 N–H and O–H groups in total. The quantitative estimate of drug-likeness (QED) is 0.719. The fraction of sp³-hybridized carbons (Fsp3) is 0.111. The van der Waals surface area contributed by atoms with E-state index < -0.39 is 11.7 Å². The number of nitrogens with zero attached hydrogens (tertiary/aromatic N) is 3. The molecule has 0 amide bonds. The summed E-state index contributed by atoms with van der Waals surface area (Å²) in [6, 6.07) is 12.4. The predicted molar refractivity (Wildman–Crippen MR) is 91.2 cm³/mol. The number of anilines is 1. The van der Waals surface area contributed by atoms with Crippen LogP contribution in [0.15, 0.2) is 59.8 Å². The molecule has 0 spiro atoms. The summed E-state index contributed by atoms with van der Waals surface area (Å²) in [5.74, 6) is 0.301. The zero-order valence-corrected chi connectivity index (χ0v) is 13.3. The number of aromatic nitrogens is 2. The molecule has 0 radical (unpaired) electrons. The van der Waals surface area contributed by atoms with Gasteiger partial charge in [-0.2, -0.15) is 18.3 Å². The first-order valence-electron chi connectivity index (χ1n) is 7.46. The third-order valence-electron chi connectivity index (χ3n) is 3.62. The summed E-state index contributed by atoms with van der Waals surface area (Å²) < 4.78 is 39.3. The van der Waals surface area contributed by atoms with E-state index in [1.807, 2.05) is 31.2 Å². The number of halogens is 3. The van der Waals surface area contributed by atoms with Crippen LogP contribution >= 0.6 is 0 Å². The van der Waals surface area contributed by atoms with Crippen molar-refractivity contribution in [3.05, 3.63) is 71.5 Å². The zero-order valence-electron chi connectivity index (χ0n) is 13.3. The Balaban J connectivity index is 1.77. The second-order valence-electron chi connectivity index (χ2n) is 5.53. The van der Waals surface area contributed by atoms with E-state index >= 15 is 0 Å².